The Bertz CT molecular complexity index is 915. The zero-order valence-electron chi connectivity index (χ0n) is 14.9. The summed E-state index contributed by atoms with van der Waals surface area (Å²) in [6.45, 7) is 7.48. The van der Waals surface area contributed by atoms with Crippen molar-refractivity contribution in [2.75, 3.05) is 13.1 Å². The van der Waals surface area contributed by atoms with Gasteiger partial charge in [-0.05, 0) is 20.8 Å². The lowest BCUT2D eigenvalue weighted by atomic mass is 10.2. The van der Waals surface area contributed by atoms with E-state index in [9.17, 15) is 14.4 Å². The third-order valence-electron chi connectivity index (χ3n) is 4.33. The van der Waals surface area contributed by atoms with Crippen LogP contribution in [0, 0.1) is 0 Å². The predicted molar refractivity (Wildman–Crippen MR) is 91.6 cm³/mol. The normalized spacial score (nSPS) is 21.8. The number of hydrogen-bond acceptors (Lipinski definition) is 6. The molecule has 3 rings (SSSR count). The molecule has 1 aliphatic heterocycles. The van der Waals surface area contributed by atoms with Gasteiger partial charge in [-0.2, -0.15) is 0 Å². The minimum Gasteiger partial charge on any atom is -0.373 e. The van der Waals surface area contributed by atoms with E-state index in [4.69, 9.17) is 4.74 Å². The van der Waals surface area contributed by atoms with Crippen LogP contribution < -0.4 is 11.2 Å². The van der Waals surface area contributed by atoms with Crippen LogP contribution in [0.3, 0.4) is 0 Å². The molecule has 0 saturated carbocycles. The van der Waals surface area contributed by atoms with Crippen molar-refractivity contribution in [1.82, 2.24) is 24.0 Å². The molecule has 0 spiro atoms. The van der Waals surface area contributed by atoms with Gasteiger partial charge < -0.3 is 9.30 Å². The Morgan fingerprint density at radius 2 is 1.92 bits per heavy atom. The first-order valence-corrected chi connectivity index (χ1v) is 8.32. The number of aromatic amines is 1. The third-order valence-corrected chi connectivity index (χ3v) is 4.33. The van der Waals surface area contributed by atoms with E-state index >= 15 is 0 Å². The van der Waals surface area contributed by atoms with Crippen LogP contribution in [0.5, 0.6) is 0 Å². The third kappa shape index (κ3) is 3.42. The van der Waals surface area contributed by atoms with Crippen molar-refractivity contribution in [2.24, 2.45) is 7.05 Å². The smallest absolute Gasteiger partial charge is 0.329 e. The fraction of sp³-hybridized carbons (Fsp3) is 0.625. The molecule has 136 valence electrons. The second kappa shape index (κ2) is 6.57. The molecule has 2 aromatic heterocycles. The minimum atomic E-state index is -0.526. The van der Waals surface area contributed by atoms with Gasteiger partial charge in [0, 0.05) is 20.1 Å². The number of H-pyrrole nitrogens is 1. The summed E-state index contributed by atoms with van der Waals surface area (Å²) in [7, 11) is 1.55. The summed E-state index contributed by atoms with van der Waals surface area (Å²) in [5.74, 6) is 0.510. The number of ether oxygens (including phenoxy) is 1. The molecule has 1 saturated heterocycles. The molecule has 9 nitrogen and oxygen atoms in total. The summed E-state index contributed by atoms with van der Waals surface area (Å²) < 4.78 is 8.64. The molecule has 0 amide bonds. The number of nitrogens with zero attached hydrogens (tertiary/aromatic N) is 4. The molecule has 2 aromatic rings. The topological polar surface area (TPSA) is 102 Å². The van der Waals surface area contributed by atoms with Gasteiger partial charge in [-0.3, -0.25) is 24.0 Å². The fourth-order valence-corrected chi connectivity index (χ4v) is 3.41. The van der Waals surface area contributed by atoms with E-state index in [1.54, 1.807) is 11.6 Å². The van der Waals surface area contributed by atoms with Crippen molar-refractivity contribution < 1.29 is 9.53 Å². The van der Waals surface area contributed by atoms with E-state index in [0.717, 1.165) is 13.1 Å². The first-order chi connectivity index (χ1) is 11.8. The lowest BCUT2D eigenvalue weighted by molar-refractivity contribution is -0.117. The number of Topliss-reactive ketones (excluding diaryl/α,β-unsaturated/α-hetero) is 1. The Hall–Kier alpha value is -2.26. The molecule has 1 N–H and O–H groups in total. The van der Waals surface area contributed by atoms with Crippen LogP contribution in [0.2, 0.25) is 0 Å². The summed E-state index contributed by atoms with van der Waals surface area (Å²) in [5.41, 5.74) is -0.507. The predicted octanol–water partition coefficient (Wildman–Crippen LogP) is -0.378. The van der Waals surface area contributed by atoms with Gasteiger partial charge in [-0.1, -0.05) is 0 Å². The van der Waals surface area contributed by atoms with Crippen molar-refractivity contribution in [2.45, 2.75) is 46.1 Å². The summed E-state index contributed by atoms with van der Waals surface area (Å²) in [4.78, 5) is 44.8. The van der Waals surface area contributed by atoms with Crippen LogP contribution in [0.1, 0.15) is 26.6 Å². The SMILES string of the molecule is CC(=O)Cn1c(CN2C[C@@H](C)O[C@H](C)C2)nc2c1c(=O)[nH]c(=O)n2C. The molecule has 25 heavy (non-hydrogen) atoms. The number of hydrogen-bond donors (Lipinski definition) is 1. The van der Waals surface area contributed by atoms with E-state index in [1.807, 2.05) is 13.8 Å². The van der Waals surface area contributed by atoms with E-state index in [1.165, 1.54) is 11.5 Å². The highest BCUT2D eigenvalue weighted by atomic mass is 16.5. The summed E-state index contributed by atoms with van der Waals surface area (Å²) in [5, 5.41) is 0. The van der Waals surface area contributed by atoms with Gasteiger partial charge in [-0.15, -0.1) is 0 Å². The van der Waals surface area contributed by atoms with Crippen LogP contribution in [0.4, 0.5) is 0 Å². The standard InChI is InChI=1S/C16H23N5O4/c1-9(22)5-21-12(8-20-6-10(2)25-11(3)7-20)17-14-13(21)15(23)18-16(24)19(14)4/h10-11H,5-8H2,1-4H3,(H,18,23,24)/t10-,11-/m1/s1. The first kappa shape index (κ1) is 17.6. The number of ketones is 1. The van der Waals surface area contributed by atoms with Crippen molar-refractivity contribution in [1.29, 1.82) is 0 Å². The average Bonchev–Trinajstić information content (AvgIpc) is 2.82. The van der Waals surface area contributed by atoms with Crippen molar-refractivity contribution in [3.63, 3.8) is 0 Å². The van der Waals surface area contributed by atoms with Gasteiger partial charge in [0.2, 0.25) is 0 Å². The number of aromatic nitrogens is 4. The molecule has 9 heteroatoms. The fourth-order valence-electron chi connectivity index (χ4n) is 3.41. The van der Waals surface area contributed by atoms with Crippen LogP contribution in [0.15, 0.2) is 9.59 Å². The van der Waals surface area contributed by atoms with Crippen molar-refractivity contribution in [3.8, 4) is 0 Å². The van der Waals surface area contributed by atoms with E-state index < -0.39 is 11.2 Å². The molecule has 0 bridgehead atoms. The molecule has 3 heterocycles. The maximum atomic E-state index is 12.3. The van der Waals surface area contributed by atoms with Crippen molar-refractivity contribution in [3.05, 3.63) is 26.7 Å². The van der Waals surface area contributed by atoms with E-state index in [2.05, 4.69) is 14.9 Å². The van der Waals surface area contributed by atoms with Crippen LogP contribution in [-0.2, 0) is 29.7 Å². The maximum absolute atomic E-state index is 12.3. The summed E-state index contributed by atoms with van der Waals surface area (Å²) in [6, 6.07) is 0. The Kier molecular flexibility index (Phi) is 4.61. The summed E-state index contributed by atoms with van der Waals surface area (Å²) in [6.07, 6.45) is 0.198. The molecule has 0 radical (unpaired) electrons. The number of carbonyl (C=O) groups excluding carboxylic acids is 1. The lowest BCUT2D eigenvalue weighted by Gasteiger charge is -2.35. The quantitative estimate of drug-likeness (QED) is 0.807. The second-order valence-corrected chi connectivity index (χ2v) is 6.76. The molecule has 0 unspecified atom stereocenters. The van der Waals surface area contributed by atoms with E-state index in [0.29, 0.717) is 18.0 Å². The molecule has 1 fully saturated rings. The van der Waals surface area contributed by atoms with Gasteiger partial charge in [0.25, 0.3) is 5.56 Å². The Labute approximate surface area is 144 Å². The minimum absolute atomic E-state index is 0.0442. The highest BCUT2D eigenvalue weighted by molar-refractivity contribution is 5.79. The number of fused-ring (bicyclic) bond motifs is 1. The van der Waals surface area contributed by atoms with Gasteiger partial charge in [0.15, 0.2) is 11.2 Å². The molecular formula is C16H23N5O4. The van der Waals surface area contributed by atoms with Gasteiger partial charge in [0.05, 0.1) is 25.3 Å². The first-order valence-electron chi connectivity index (χ1n) is 8.32. The summed E-state index contributed by atoms with van der Waals surface area (Å²) >= 11 is 0. The number of imidazole rings is 1. The zero-order chi connectivity index (χ0) is 18.3. The highest BCUT2D eigenvalue weighted by Crippen LogP contribution is 2.17. The van der Waals surface area contributed by atoms with E-state index in [-0.39, 0.29) is 30.1 Å². The average molecular weight is 349 g/mol. The lowest BCUT2D eigenvalue weighted by Crippen LogP contribution is -2.45. The number of aryl methyl sites for hydroxylation is 1. The molecule has 1 aliphatic rings. The number of carbonyl (C=O) groups is 1. The van der Waals surface area contributed by atoms with Crippen LogP contribution >= 0.6 is 0 Å². The molecule has 0 aromatic carbocycles. The monoisotopic (exact) mass is 349 g/mol. The van der Waals surface area contributed by atoms with Crippen LogP contribution in [0.25, 0.3) is 11.2 Å². The number of nitrogens with one attached hydrogen (secondary N) is 1. The maximum Gasteiger partial charge on any atom is 0.329 e. The molecule has 0 aliphatic carbocycles. The molecule has 2 atom stereocenters. The number of rotatable bonds is 4. The zero-order valence-corrected chi connectivity index (χ0v) is 14.9. The largest absolute Gasteiger partial charge is 0.373 e. The van der Waals surface area contributed by atoms with Gasteiger partial charge >= 0.3 is 5.69 Å². The van der Waals surface area contributed by atoms with Gasteiger partial charge in [-0.25, -0.2) is 9.78 Å². The molecular weight excluding hydrogens is 326 g/mol. The van der Waals surface area contributed by atoms with Crippen LogP contribution in [-0.4, -0.2) is 55.1 Å². The number of morpholine rings is 1. The second-order valence-electron chi connectivity index (χ2n) is 6.76. The Balaban J connectivity index is 2.09. The Morgan fingerprint density at radius 3 is 2.52 bits per heavy atom. The Morgan fingerprint density at radius 1 is 1.28 bits per heavy atom. The van der Waals surface area contributed by atoms with Gasteiger partial charge in [0.1, 0.15) is 11.6 Å². The van der Waals surface area contributed by atoms with Crippen molar-refractivity contribution >= 4 is 16.9 Å². The highest BCUT2D eigenvalue weighted by Gasteiger charge is 2.25.